The monoisotopic (exact) mass is 405 g/mol. The van der Waals surface area contributed by atoms with Crippen LogP contribution in [0.15, 0.2) is 29.3 Å². The van der Waals surface area contributed by atoms with Crippen LogP contribution in [0.5, 0.6) is 5.75 Å². The Labute approximate surface area is 174 Å². The fourth-order valence-electron chi connectivity index (χ4n) is 3.23. The molecule has 3 N–H and O–H groups in total. The number of hydrogen-bond acceptors (Lipinski definition) is 5. The van der Waals surface area contributed by atoms with Gasteiger partial charge in [0.25, 0.3) is 0 Å². The highest BCUT2D eigenvalue weighted by Gasteiger charge is 2.23. The topological polar surface area (TPSA) is 87.2 Å². The van der Waals surface area contributed by atoms with Gasteiger partial charge in [0.1, 0.15) is 5.75 Å². The molecule has 8 heteroatoms. The Morgan fingerprint density at radius 2 is 1.90 bits per heavy atom. The minimum absolute atomic E-state index is 0.0548. The largest absolute Gasteiger partial charge is 0.497 e. The second-order valence-electron chi connectivity index (χ2n) is 6.92. The van der Waals surface area contributed by atoms with E-state index in [1.54, 1.807) is 14.2 Å². The number of aliphatic imine (C=N–C) groups is 1. The average Bonchev–Trinajstić information content (AvgIpc) is 2.77. The summed E-state index contributed by atoms with van der Waals surface area (Å²) in [5, 5.41) is 9.50. The van der Waals surface area contributed by atoms with Crippen molar-refractivity contribution in [3.05, 3.63) is 29.8 Å². The van der Waals surface area contributed by atoms with E-state index in [-0.39, 0.29) is 11.9 Å². The number of guanidine groups is 1. The van der Waals surface area contributed by atoms with Crippen LogP contribution in [0.4, 0.5) is 0 Å². The van der Waals surface area contributed by atoms with Crippen LogP contribution >= 0.6 is 0 Å². The first-order valence-corrected chi connectivity index (χ1v) is 10.3. The Hall–Kier alpha value is -2.32. The normalized spacial score (nSPS) is 16.2. The molecule has 162 valence electrons. The predicted octanol–water partition coefficient (Wildman–Crippen LogP) is 1.15. The second kappa shape index (κ2) is 13.0. The smallest absolute Gasteiger partial charge is 0.221 e. The molecule has 0 bridgehead atoms. The minimum atomic E-state index is 0.0548. The molecule has 0 aromatic heterocycles. The lowest BCUT2D eigenvalue weighted by atomic mass is 10.0. The molecule has 1 heterocycles. The van der Waals surface area contributed by atoms with Gasteiger partial charge in [-0.3, -0.25) is 14.7 Å². The molecule has 2 rings (SSSR count). The number of hydrogen-bond donors (Lipinski definition) is 3. The summed E-state index contributed by atoms with van der Waals surface area (Å²) >= 11 is 0. The average molecular weight is 406 g/mol. The van der Waals surface area contributed by atoms with Gasteiger partial charge in [-0.1, -0.05) is 19.1 Å². The number of carbonyl (C=O) groups is 1. The Morgan fingerprint density at radius 1 is 1.17 bits per heavy atom. The second-order valence-corrected chi connectivity index (χ2v) is 6.92. The SMILES string of the molecule is CCCNC(=O)CCNC(=NC)NCC(c1ccc(OC)cc1)N1CCOCC1. The number of nitrogens with zero attached hydrogens (tertiary/aromatic N) is 2. The van der Waals surface area contributed by atoms with E-state index in [2.05, 4.69) is 38.0 Å². The van der Waals surface area contributed by atoms with Gasteiger partial charge >= 0.3 is 0 Å². The molecule has 1 aromatic carbocycles. The van der Waals surface area contributed by atoms with Crippen LogP contribution in [0.2, 0.25) is 0 Å². The fourth-order valence-corrected chi connectivity index (χ4v) is 3.23. The number of morpholine rings is 1. The van der Waals surface area contributed by atoms with Gasteiger partial charge < -0.3 is 25.4 Å². The molecule has 1 aliphatic rings. The van der Waals surface area contributed by atoms with Crippen molar-refractivity contribution in [2.75, 3.05) is 60.1 Å². The first kappa shape index (κ1) is 23.0. The van der Waals surface area contributed by atoms with Crippen molar-refractivity contribution in [1.29, 1.82) is 0 Å². The number of carbonyl (C=O) groups excluding carboxylic acids is 1. The molecule has 0 radical (unpaired) electrons. The van der Waals surface area contributed by atoms with E-state index in [4.69, 9.17) is 9.47 Å². The van der Waals surface area contributed by atoms with E-state index in [0.29, 0.717) is 25.5 Å². The zero-order valence-corrected chi connectivity index (χ0v) is 17.9. The van der Waals surface area contributed by atoms with E-state index in [1.165, 1.54) is 5.56 Å². The standard InChI is InChI=1S/C21H35N5O3/c1-4-10-23-20(27)9-11-24-21(22-2)25-16-19(26-12-14-29-15-13-26)17-5-7-18(28-3)8-6-17/h5-8,19H,4,9-16H2,1-3H3,(H,23,27)(H2,22,24,25). The number of amides is 1. The van der Waals surface area contributed by atoms with Crippen molar-refractivity contribution in [3.63, 3.8) is 0 Å². The highest BCUT2D eigenvalue weighted by molar-refractivity contribution is 5.81. The lowest BCUT2D eigenvalue weighted by molar-refractivity contribution is -0.120. The molecule has 0 saturated carbocycles. The molecule has 1 saturated heterocycles. The molecular weight excluding hydrogens is 370 g/mol. The van der Waals surface area contributed by atoms with Gasteiger partial charge in [-0.2, -0.15) is 0 Å². The molecule has 1 unspecified atom stereocenters. The molecule has 0 spiro atoms. The fraction of sp³-hybridized carbons (Fsp3) is 0.619. The number of ether oxygens (including phenoxy) is 2. The Morgan fingerprint density at radius 3 is 2.52 bits per heavy atom. The first-order chi connectivity index (χ1) is 14.2. The predicted molar refractivity (Wildman–Crippen MR) is 115 cm³/mol. The van der Waals surface area contributed by atoms with Crippen molar-refractivity contribution in [2.45, 2.75) is 25.8 Å². The van der Waals surface area contributed by atoms with Crippen LogP contribution in [-0.2, 0) is 9.53 Å². The van der Waals surface area contributed by atoms with Crippen LogP contribution in [0, 0.1) is 0 Å². The van der Waals surface area contributed by atoms with Crippen molar-refractivity contribution < 1.29 is 14.3 Å². The summed E-state index contributed by atoms with van der Waals surface area (Å²) in [6, 6.07) is 8.38. The van der Waals surface area contributed by atoms with Crippen molar-refractivity contribution in [1.82, 2.24) is 20.9 Å². The first-order valence-electron chi connectivity index (χ1n) is 10.3. The lowest BCUT2D eigenvalue weighted by Crippen LogP contribution is -2.46. The highest BCUT2D eigenvalue weighted by Crippen LogP contribution is 2.23. The molecule has 1 atom stereocenters. The lowest BCUT2D eigenvalue weighted by Gasteiger charge is -2.35. The third-order valence-corrected chi connectivity index (χ3v) is 4.89. The Bertz CT molecular complexity index is 630. The number of methoxy groups -OCH3 is 1. The summed E-state index contributed by atoms with van der Waals surface area (Å²) in [5.74, 6) is 1.60. The third kappa shape index (κ3) is 7.91. The maximum atomic E-state index is 11.7. The zero-order chi connectivity index (χ0) is 20.9. The Balaban J connectivity index is 1.92. The summed E-state index contributed by atoms with van der Waals surface area (Å²) in [7, 11) is 3.41. The van der Waals surface area contributed by atoms with Crippen LogP contribution in [0.3, 0.4) is 0 Å². The van der Waals surface area contributed by atoms with E-state index >= 15 is 0 Å². The quantitative estimate of drug-likeness (QED) is 0.400. The molecule has 1 amide bonds. The van der Waals surface area contributed by atoms with Gasteiger partial charge in [0.05, 0.1) is 26.4 Å². The molecule has 1 fully saturated rings. The summed E-state index contributed by atoms with van der Waals surface area (Å²) in [4.78, 5) is 18.4. The van der Waals surface area contributed by atoms with E-state index in [0.717, 1.165) is 45.0 Å². The van der Waals surface area contributed by atoms with Gasteiger partial charge in [0, 0.05) is 46.2 Å². The maximum Gasteiger partial charge on any atom is 0.221 e. The molecule has 8 nitrogen and oxygen atoms in total. The molecule has 1 aromatic rings. The molecular formula is C21H35N5O3. The Kier molecular flexibility index (Phi) is 10.3. The van der Waals surface area contributed by atoms with E-state index in [9.17, 15) is 4.79 Å². The van der Waals surface area contributed by atoms with E-state index < -0.39 is 0 Å². The number of nitrogens with one attached hydrogen (secondary N) is 3. The van der Waals surface area contributed by atoms with E-state index in [1.807, 2.05) is 19.1 Å². The van der Waals surface area contributed by atoms with Crippen LogP contribution < -0.4 is 20.7 Å². The molecule has 1 aliphatic heterocycles. The van der Waals surface area contributed by atoms with Crippen molar-refractivity contribution in [2.24, 2.45) is 4.99 Å². The van der Waals surface area contributed by atoms with Crippen LogP contribution in [0.1, 0.15) is 31.4 Å². The highest BCUT2D eigenvalue weighted by atomic mass is 16.5. The van der Waals surface area contributed by atoms with Gasteiger partial charge in [-0.05, 0) is 24.1 Å². The summed E-state index contributed by atoms with van der Waals surface area (Å²) in [6.45, 7) is 7.27. The molecule has 0 aliphatic carbocycles. The van der Waals surface area contributed by atoms with Crippen LogP contribution in [0.25, 0.3) is 0 Å². The summed E-state index contributed by atoms with van der Waals surface area (Å²) in [5.41, 5.74) is 1.22. The number of rotatable bonds is 10. The summed E-state index contributed by atoms with van der Waals surface area (Å²) < 4.78 is 10.8. The zero-order valence-electron chi connectivity index (χ0n) is 17.9. The van der Waals surface area contributed by atoms with Gasteiger partial charge in [-0.15, -0.1) is 0 Å². The molecule has 29 heavy (non-hydrogen) atoms. The van der Waals surface area contributed by atoms with Gasteiger partial charge in [0.15, 0.2) is 5.96 Å². The summed E-state index contributed by atoms with van der Waals surface area (Å²) in [6.07, 6.45) is 1.36. The van der Waals surface area contributed by atoms with Gasteiger partial charge in [0.2, 0.25) is 5.91 Å². The minimum Gasteiger partial charge on any atom is -0.497 e. The van der Waals surface area contributed by atoms with Crippen molar-refractivity contribution >= 4 is 11.9 Å². The number of benzene rings is 1. The third-order valence-electron chi connectivity index (χ3n) is 4.89. The van der Waals surface area contributed by atoms with Gasteiger partial charge in [-0.25, -0.2) is 0 Å². The maximum absolute atomic E-state index is 11.7. The van der Waals surface area contributed by atoms with Crippen molar-refractivity contribution in [3.8, 4) is 5.75 Å². The van der Waals surface area contributed by atoms with Crippen LogP contribution in [-0.4, -0.2) is 76.9 Å².